The van der Waals surface area contributed by atoms with Crippen LogP contribution in [0.3, 0.4) is 0 Å². The maximum Gasteiger partial charge on any atom is 0.312 e. The fourth-order valence-electron chi connectivity index (χ4n) is 4.24. The standard InChI is InChI=1S/C21H25NO4/c1-4-14-5-7-15(8-6-14)22-12-21-10-9-16(26-21)17(18(21)19(22)23)20(24)25-11-13(2)3/h5-10,13,16-18H,4,11-12H2,1-3H3/t16-,17-,18+,21-/m1/s1. The highest BCUT2D eigenvalue weighted by Gasteiger charge is 2.67. The Hall–Kier alpha value is -2.14. The maximum atomic E-state index is 13.2. The molecular formula is C21H25NO4. The van der Waals surface area contributed by atoms with E-state index in [9.17, 15) is 9.59 Å². The summed E-state index contributed by atoms with van der Waals surface area (Å²) in [5.41, 5.74) is 1.38. The third-order valence-corrected chi connectivity index (χ3v) is 5.59. The predicted molar refractivity (Wildman–Crippen MR) is 97.7 cm³/mol. The second-order valence-corrected chi connectivity index (χ2v) is 7.87. The zero-order chi connectivity index (χ0) is 18.5. The largest absolute Gasteiger partial charge is 0.465 e. The molecule has 0 radical (unpaired) electrons. The SMILES string of the molecule is CCc1ccc(N2C[C@@]34C=C[C@@H](O3)[C@@H](C(=O)OCC(C)C)[C@H]4C2=O)cc1. The summed E-state index contributed by atoms with van der Waals surface area (Å²) in [5, 5.41) is 0. The summed E-state index contributed by atoms with van der Waals surface area (Å²) in [6, 6.07) is 8.02. The average Bonchev–Trinajstić information content (AvgIpc) is 3.28. The average molecular weight is 355 g/mol. The molecule has 1 amide bonds. The number of nitrogens with zero attached hydrogens (tertiary/aromatic N) is 1. The van der Waals surface area contributed by atoms with Gasteiger partial charge in [-0.2, -0.15) is 0 Å². The van der Waals surface area contributed by atoms with Crippen molar-refractivity contribution in [3.05, 3.63) is 42.0 Å². The lowest BCUT2D eigenvalue weighted by Crippen LogP contribution is -2.40. The molecule has 2 bridgehead atoms. The highest BCUT2D eigenvalue weighted by molar-refractivity contribution is 6.02. The van der Waals surface area contributed by atoms with Gasteiger partial charge in [0, 0.05) is 5.69 Å². The van der Waals surface area contributed by atoms with E-state index >= 15 is 0 Å². The van der Waals surface area contributed by atoms with E-state index in [0.29, 0.717) is 13.2 Å². The zero-order valence-electron chi connectivity index (χ0n) is 15.5. The number of fused-ring (bicyclic) bond motifs is 1. The zero-order valence-corrected chi connectivity index (χ0v) is 15.5. The molecule has 0 unspecified atom stereocenters. The molecule has 2 saturated heterocycles. The Kier molecular flexibility index (Phi) is 4.14. The first-order valence-electron chi connectivity index (χ1n) is 9.39. The van der Waals surface area contributed by atoms with E-state index in [1.807, 2.05) is 50.3 Å². The molecule has 2 fully saturated rings. The molecule has 26 heavy (non-hydrogen) atoms. The van der Waals surface area contributed by atoms with Crippen LogP contribution in [0.2, 0.25) is 0 Å². The number of hydrogen-bond donors (Lipinski definition) is 0. The highest BCUT2D eigenvalue weighted by atomic mass is 16.6. The van der Waals surface area contributed by atoms with Crippen LogP contribution in [0.1, 0.15) is 26.3 Å². The quantitative estimate of drug-likeness (QED) is 0.602. The maximum absolute atomic E-state index is 13.2. The second-order valence-electron chi connectivity index (χ2n) is 7.87. The number of amides is 1. The van der Waals surface area contributed by atoms with E-state index in [1.54, 1.807) is 4.90 Å². The van der Waals surface area contributed by atoms with Crippen LogP contribution in [0.4, 0.5) is 5.69 Å². The monoisotopic (exact) mass is 355 g/mol. The summed E-state index contributed by atoms with van der Waals surface area (Å²) in [7, 11) is 0. The summed E-state index contributed by atoms with van der Waals surface area (Å²) in [6.07, 6.45) is 4.48. The van der Waals surface area contributed by atoms with Gasteiger partial charge in [0.25, 0.3) is 0 Å². The molecule has 3 aliphatic heterocycles. The first-order valence-corrected chi connectivity index (χ1v) is 9.39. The van der Waals surface area contributed by atoms with Gasteiger partial charge >= 0.3 is 5.97 Å². The van der Waals surface area contributed by atoms with Crippen LogP contribution in [-0.4, -0.2) is 36.7 Å². The first kappa shape index (κ1) is 17.3. The van der Waals surface area contributed by atoms with Crippen LogP contribution in [0.25, 0.3) is 0 Å². The van der Waals surface area contributed by atoms with Gasteiger partial charge in [0.05, 0.1) is 25.2 Å². The third kappa shape index (κ3) is 2.57. The van der Waals surface area contributed by atoms with Crippen LogP contribution in [-0.2, 0) is 25.5 Å². The minimum atomic E-state index is -0.702. The van der Waals surface area contributed by atoms with E-state index < -0.39 is 17.4 Å². The van der Waals surface area contributed by atoms with E-state index in [4.69, 9.17) is 9.47 Å². The number of benzene rings is 1. The number of esters is 1. The van der Waals surface area contributed by atoms with Crippen molar-refractivity contribution in [3.63, 3.8) is 0 Å². The van der Waals surface area contributed by atoms with Gasteiger partial charge < -0.3 is 14.4 Å². The molecule has 4 rings (SSSR count). The van der Waals surface area contributed by atoms with Gasteiger partial charge in [-0.15, -0.1) is 0 Å². The molecule has 138 valence electrons. The Morgan fingerprint density at radius 1 is 1.35 bits per heavy atom. The van der Waals surface area contributed by atoms with E-state index in [-0.39, 0.29) is 23.9 Å². The topological polar surface area (TPSA) is 55.8 Å². The van der Waals surface area contributed by atoms with Crippen molar-refractivity contribution in [2.45, 2.75) is 38.9 Å². The lowest BCUT2D eigenvalue weighted by atomic mass is 9.77. The Morgan fingerprint density at radius 2 is 2.08 bits per heavy atom. The fraction of sp³-hybridized carbons (Fsp3) is 0.524. The van der Waals surface area contributed by atoms with E-state index in [1.165, 1.54) is 5.56 Å². The first-order chi connectivity index (χ1) is 12.4. The van der Waals surface area contributed by atoms with Gasteiger partial charge in [-0.3, -0.25) is 9.59 Å². The van der Waals surface area contributed by atoms with E-state index in [0.717, 1.165) is 12.1 Å². The number of carbonyl (C=O) groups excluding carboxylic acids is 2. The van der Waals surface area contributed by atoms with Gasteiger partial charge in [0.1, 0.15) is 11.5 Å². The van der Waals surface area contributed by atoms with Gasteiger partial charge in [-0.25, -0.2) is 0 Å². The Bertz CT molecular complexity index is 754. The van der Waals surface area contributed by atoms with Crippen LogP contribution in [0.15, 0.2) is 36.4 Å². The Labute approximate surface area is 154 Å². The van der Waals surface area contributed by atoms with Crippen molar-refractivity contribution in [2.24, 2.45) is 17.8 Å². The molecule has 1 spiro atoms. The predicted octanol–water partition coefficient (Wildman–Crippen LogP) is 2.73. The summed E-state index contributed by atoms with van der Waals surface area (Å²) in [5.74, 6) is -1.16. The minimum absolute atomic E-state index is 0.0485. The molecule has 5 nitrogen and oxygen atoms in total. The summed E-state index contributed by atoms with van der Waals surface area (Å²) < 4.78 is 11.6. The smallest absolute Gasteiger partial charge is 0.312 e. The van der Waals surface area contributed by atoms with Crippen molar-refractivity contribution in [3.8, 4) is 0 Å². The van der Waals surface area contributed by atoms with Crippen molar-refractivity contribution in [1.29, 1.82) is 0 Å². The number of hydrogen-bond acceptors (Lipinski definition) is 4. The van der Waals surface area contributed by atoms with Crippen molar-refractivity contribution in [1.82, 2.24) is 0 Å². The lowest BCUT2D eigenvalue weighted by molar-refractivity contribution is -0.153. The molecule has 3 heterocycles. The van der Waals surface area contributed by atoms with Gasteiger partial charge in [-0.1, -0.05) is 45.1 Å². The number of anilines is 1. The minimum Gasteiger partial charge on any atom is -0.465 e. The molecule has 1 aromatic rings. The molecule has 0 aromatic heterocycles. The molecule has 0 N–H and O–H groups in total. The summed E-state index contributed by atoms with van der Waals surface area (Å²) in [4.78, 5) is 27.6. The molecule has 5 heteroatoms. The van der Waals surface area contributed by atoms with Crippen molar-refractivity contribution >= 4 is 17.6 Å². The highest BCUT2D eigenvalue weighted by Crippen LogP contribution is 2.52. The molecule has 3 aliphatic rings. The number of carbonyl (C=O) groups is 2. The summed E-state index contributed by atoms with van der Waals surface area (Å²) in [6.45, 7) is 6.90. The molecule has 0 saturated carbocycles. The lowest BCUT2D eigenvalue weighted by Gasteiger charge is -2.23. The molecule has 0 aliphatic carbocycles. The third-order valence-electron chi connectivity index (χ3n) is 5.59. The number of rotatable bonds is 5. The normalized spacial score (nSPS) is 31.8. The Morgan fingerprint density at radius 3 is 2.73 bits per heavy atom. The van der Waals surface area contributed by atoms with Crippen LogP contribution >= 0.6 is 0 Å². The van der Waals surface area contributed by atoms with Gasteiger partial charge in [0.15, 0.2) is 0 Å². The number of aryl methyl sites for hydroxylation is 1. The fourth-order valence-corrected chi connectivity index (χ4v) is 4.24. The van der Waals surface area contributed by atoms with Gasteiger partial charge in [-0.05, 0) is 30.0 Å². The van der Waals surface area contributed by atoms with Gasteiger partial charge in [0.2, 0.25) is 5.91 Å². The number of ether oxygens (including phenoxy) is 2. The van der Waals surface area contributed by atoms with Crippen molar-refractivity contribution in [2.75, 3.05) is 18.1 Å². The Balaban J connectivity index is 1.59. The van der Waals surface area contributed by atoms with Crippen LogP contribution in [0, 0.1) is 17.8 Å². The molecule has 4 atom stereocenters. The molecule has 1 aromatic carbocycles. The van der Waals surface area contributed by atoms with E-state index in [2.05, 4.69) is 6.92 Å². The summed E-state index contributed by atoms with van der Waals surface area (Å²) >= 11 is 0. The second kappa shape index (κ2) is 6.23. The van der Waals surface area contributed by atoms with Crippen LogP contribution in [0.5, 0.6) is 0 Å². The van der Waals surface area contributed by atoms with Crippen molar-refractivity contribution < 1.29 is 19.1 Å². The molecular weight excluding hydrogens is 330 g/mol. The van der Waals surface area contributed by atoms with Crippen LogP contribution < -0.4 is 4.90 Å².